The van der Waals surface area contributed by atoms with Crippen LogP contribution in [0.25, 0.3) is 44.0 Å². The molecule has 17 nitrogen and oxygen atoms in total. The number of aromatic nitrogens is 5. The number of aryl methyl sites for hydroxylation is 1. The van der Waals surface area contributed by atoms with E-state index in [1.807, 2.05) is 60.4 Å². The normalized spacial score (nSPS) is 20.0. The van der Waals surface area contributed by atoms with Crippen LogP contribution in [-0.4, -0.2) is 117 Å². The molecule has 73 heavy (non-hydrogen) atoms. The summed E-state index contributed by atoms with van der Waals surface area (Å²) in [5.74, 6) is 0.463. The van der Waals surface area contributed by atoms with E-state index in [-0.39, 0.29) is 73.5 Å². The number of carbonyl (C=O) groups excluding carboxylic acids is 3. The highest BCUT2D eigenvalue weighted by molar-refractivity contribution is 6.05. The number of H-pyrrole nitrogens is 1. The maximum absolute atomic E-state index is 16.0. The number of imidazole rings is 1. The molecule has 1 saturated carbocycles. The molecule has 2 unspecified atom stereocenters. The summed E-state index contributed by atoms with van der Waals surface area (Å²) in [5, 5.41) is 14.6. The number of aromatic amines is 1. The summed E-state index contributed by atoms with van der Waals surface area (Å²) in [6.07, 6.45) is 4.73. The first-order chi connectivity index (χ1) is 35.3. The number of hydrogen-bond donors (Lipinski definition) is 3. The summed E-state index contributed by atoms with van der Waals surface area (Å²) < 4.78 is 44.5. The molecular weight excluding hydrogens is 934 g/mol. The van der Waals surface area contributed by atoms with E-state index in [2.05, 4.69) is 38.7 Å². The van der Waals surface area contributed by atoms with Gasteiger partial charge in [-0.05, 0) is 118 Å². The average molecular weight is 994 g/mol. The number of amides is 3. The molecule has 3 amide bonds. The molecule has 3 aliphatic heterocycles. The van der Waals surface area contributed by atoms with Crippen molar-refractivity contribution >= 4 is 50.6 Å². The highest BCUT2D eigenvalue weighted by Crippen LogP contribution is 2.53. The molecule has 4 aromatic carbocycles. The van der Waals surface area contributed by atoms with Gasteiger partial charge in [0.05, 0.1) is 28.9 Å². The molecule has 6 heterocycles. The number of pyridine rings is 1. The first kappa shape index (κ1) is 48.1. The van der Waals surface area contributed by atoms with E-state index in [1.54, 1.807) is 31.8 Å². The van der Waals surface area contributed by atoms with Gasteiger partial charge in [0.2, 0.25) is 17.7 Å². The summed E-state index contributed by atoms with van der Waals surface area (Å²) in [7, 11) is 3.33. The van der Waals surface area contributed by atoms with Gasteiger partial charge in [-0.15, -0.1) is 0 Å². The SMILES string of the molecule is COC(C)COc1cc(O[C@H]2CCNC2)c2cc(C3CC3)c(-c3c(C)c(F)cc4[nH]ncc34)c(OCc3ccc(C(=O)N4CCN(Cc5ccc6c(c5)n(C)c(=O)n6C5CCC(=O)NC5=O)C[C@@H]4C)cc3)c2n1. The number of piperazine rings is 1. The number of fused-ring (bicyclic) bond motifs is 3. The van der Waals surface area contributed by atoms with Gasteiger partial charge in [-0.25, -0.2) is 14.2 Å². The third kappa shape index (κ3) is 9.31. The minimum Gasteiger partial charge on any atom is -0.488 e. The predicted molar refractivity (Wildman–Crippen MR) is 273 cm³/mol. The van der Waals surface area contributed by atoms with Crippen molar-refractivity contribution in [2.24, 2.45) is 7.05 Å². The number of methoxy groups -OCH3 is 1. The van der Waals surface area contributed by atoms with E-state index < -0.39 is 11.9 Å². The molecule has 4 fully saturated rings. The second kappa shape index (κ2) is 19.7. The quantitative estimate of drug-likeness (QED) is 0.0913. The second-order valence-corrected chi connectivity index (χ2v) is 20.1. The number of carbonyl (C=O) groups is 3. The molecule has 3 saturated heterocycles. The Labute approximate surface area is 420 Å². The summed E-state index contributed by atoms with van der Waals surface area (Å²) >= 11 is 0. The third-order valence-electron chi connectivity index (χ3n) is 15.1. The van der Waals surface area contributed by atoms with Crippen LogP contribution in [0.1, 0.15) is 90.5 Å². The van der Waals surface area contributed by atoms with Gasteiger partial charge in [-0.2, -0.15) is 5.10 Å². The van der Waals surface area contributed by atoms with Crippen LogP contribution >= 0.6 is 0 Å². The molecule has 18 heteroatoms. The lowest BCUT2D eigenvalue weighted by Crippen LogP contribution is -2.53. The van der Waals surface area contributed by atoms with E-state index in [9.17, 15) is 19.2 Å². The van der Waals surface area contributed by atoms with Crippen LogP contribution in [0.3, 0.4) is 0 Å². The molecule has 1 aliphatic carbocycles. The lowest BCUT2D eigenvalue weighted by molar-refractivity contribution is -0.135. The van der Waals surface area contributed by atoms with Crippen LogP contribution in [0, 0.1) is 12.7 Å². The number of rotatable bonds is 15. The van der Waals surface area contributed by atoms with Crippen molar-refractivity contribution < 1.29 is 37.7 Å². The molecular formula is C55H60FN9O8. The maximum Gasteiger partial charge on any atom is 0.329 e. The molecule has 3 aromatic heterocycles. The standard InChI is InChI=1S/C55H60FN9O8/c1-30-26-63(27-34-8-13-43-45(20-34)62(4)55(69)65(43)44-14-15-47(66)59-53(44)67)18-19-64(30)54(68)36-9-6-33(7-10-36)29-72-52-50(49-32(3)41(56)22-42-40(49)25-58-61-42)38(35-11-12-35)21-39-46(73-37-16-17-57-24-37)23-48(60-51(39)52)71-28-31(2)70-5/h6-10,13,20-23,25,30-31,35,37,44,57H,11-12,14-19,24,26-29H2,1-5H3,(H,58,61)(H,59,66,67)/t30-,31?,37-,44?/m0/s1. The first-order valence-electron chi connectivity index (χ1n) is 25.3. The number of nitrogens with zero attached hydrogens (tertiary/aromatic N) is 6. The van der Waals surface area contributed by atoms with Gasteiger partial charge in [0.15, 0.2) is 5.75 Å². The van der Waals surface area contributed by atoms with E-state index >= 15 is 4.39 Å². The number of ether oxygens (including phenoxy) is 4. The number of nitrogens with one attached hydrogen (secondary N) is 3. The van der Waals surface area contributed by atoms with Crippen molar-refractivity contribution in [3.63, 3.8) is 0 Å². The fourth-order valence-corrected chi connectivity index (χ4v) is 10.8. The smallest absolute Gasteiger partial charge is 0.329 e. The summed E-state index contributed by atoms with van der Waals surface area (Å²) in [6.45, 7) is 10.2. The number of benzene rings is 4. The largest absolute Gasteiger partial charge is 0.488 e. The lowest BCUT2D eigenvalue weighted by atomic mass is 9.88. The number of halogens is 1. The Morgan fingerprint density at radius 2 is 1.74 bits per heavy atom. The van der Waals surface area contributed by atoms with Crippen LogP contribution in [0.2, 0.25) is 0 Å². The minimum atomic E-state index is -0.747. The second-order valence-electron chi connectivity index (χ2n) is 20.1. The van der Waals surface area contributed by atoms with E-state index in [0.717, 1.165) is 58.8 Å². The molecule has 0 radical (unpaired) electrons. The van der Waals surface area contributed by atoms with E-state index in [4.69, 9.17) is 23.9 Å². The van der Waals surface area contributed by atoms with Crippen LogP contribution in [0.4, 0.5) is 4.39 Å². The summed E-state index contributed by atoms with van der Waals surface area (Å²) in [4.78, 5) is 61.4. The minimum absolute atomic E-state index is 0.0520. The van der Waals surface area contributed by atoms with Gasteiger partial charge in [0.1, 0.15) is 42.4 Å². The first-order valence-corrected chi connectivity index (χ1v) is 25.3. The zero-order chi connectivity index (χ0) is 50.7. The monoisotopic (exact) mass is 993 g/mol. The van der Waals surface area contributed by atoms with E-state index in [1.165, 1.54) is 10.6 Å². The Kier molecular flexibility index (Phi) is 13.0. The Morgan fingerprint density at radius 3 is 2.48 bits per heavy atom. The van der Waals surface area contributed by atoms with Crippen molar-refractivity contribution in [2.75, 3.05) is 46.4 Å². The van der Waals surface area contributed by atoms with Gasteiger partial charge in [0.25, 0.3) is 5.91 Å². The average Bonchev–Trinajstić information content (AvgIpc) is 3.80. The molecule has 3 N–H and O–H groups in total. The van der Waals surface area contributed by atoms with Gasteiger partial charge in [0, 0.05) is 92.9 Å². The molecule has 380 valence electrons. The Morgan fingerprint density at radius 1 is 0.932 bits per heavy atom. The Hall–Kier alpha value is -7.15. The fraction of sp³-hybridized carbons (Fsp3) is 0.418. The maximum atomic E-state index is 16.0. The third-order valence-corrected chi connectivity index (χ3v) is 15.1. The van der Waals surface area contributed by atoms with E-state index in [0.29, 0.717) is 88.9 Å². The van der Waals surface area contributed by atoms with Crippen LogP contribution in [0.15, 0.2) is 71.7 Å². The lowest BCUT2D eigenvalue weighted by Gasteiger charge is -2.40. The zero-order valence-corrected chi connectivity index (χ0v) is 41.8. The molecule has 4 aliphatic rings. The molecule has 11 rings (SSSR count). The van der Waals surface area contributed by atoms with Crippen molar-refractivity contribution in [2.45, 2.75) is 96.2 Å². The van der Waals surface area contributed by atoms with Gasteiger partial charge in [-0.3, -0.25) is 38.8 Å². The van der Waals surface area contributed by atoms with Crippen LogP contribution in [-0.2, 0) is 34.5 Å². The molecule has 0 bridgehead atoms. The Bertz CT molecular complexity index is 3360. The topological polar surface area (TPSA) is 187 Å². The van der Waals surface area contributed by atoms with Crippen molar-refractivity contribution in [1.82, 2.24) is 44.7 Å². The van der Waals surface area contributed by atoms with Crippen LogP contribution in [0.5, 0.6) is 17.4 Å². The van der Waals surface area contributed by atoms with Gasteiger partial charge in [-0.1, -0.05) is 18.2 Å². The highest BCUT2D eigenvalue weighted by atomic mass is 19.1. The number of hydrogen-bond acceptors (Lipinski definition) is 12. The molecule has 7 aromatic rings. The summed E-state index contributed by atoms with van der Waals surface area (Å²) in [5.41, 5.74) is 7.49. The zero-order valence-electron chi connectivity index (χ0n) is 41.8. The van der Waals surface area contributed by atoms with Crippen molar-refractivity contribution in [3.8, 4) is 28.5 Å². The Balaban J connectivity index is 0.850. The predicted octanol–water partition coefficient (Wildman–Crippen LogP) is 6.81. The highest BCUT2D eigenvalue weighted by Gasteiger charge is 2.35. The molecule has 4 atom stereocenters. The van der Waals surface area contributed by atoms with Crippen molar-refractivity contribution in [1.29, 1.82) is 0 Å². The molecule has 0 spiro atoms. The van der Waals surface area contributed by atoms with Gasteiger partial charge >= 0.3 is 5.69 Å². The van der Waals surface area contributed by atoms with Crippen molar-refractivity contribution in [3.05, 3.63) is 111 Å². The fourth-order valence-electron chi connectivity index (χ4n) is 10.8. The van der Waals surface area contributed by atoms with Gasteiger partial charge < -0.3 is 29.2 Å². The number of piperidine rings is 1. The summed E-state index contributed by atoms with van der Waals surface area (Å²) in [6, 6.07) is 18.0. The van der Waals surface area contributed by atoms with Crippen LogP contribution < -0.4 is 30.5 Å². The number of imide groups is 1.